The lowest BCUT2D eigenvalue weighted by Crippen LogP contribution is -2.54. The molecule has 4 heterocycles. The molecule has 1 amide bonds. The number of likely N-dealkylation sites (N-methyl/N-ethyl adjacent to an activating group) is 1. The Bertz CT molecular complexity index is 1390. The molecule has 3 aromatic rings. The Morgan fingerprint density at radius 3 is 2.51 bits per heavy atom. The number of thiophene rings is 1. The first-order valence-corrected chi connectivity index (χ1v) is 13.9. The normalized spacial score (nSPS) is 19.6. The van der Waals surface area contributed by atoms with E-state index in [4.69, 9.17) is 4.98 Å². The van der Waals surface area contributed by atoms with E-state index in [-0.39, 0.29) is 17.5 Å². The molecule has 10 heteroatoms. The van der Waals surface area contributed by atoms with Gasteiger partial charge in [0, 0.05) is 42.8 Å². The van der Waals surface area contributed by atoms with Crippen LogP contribution in [0.25, 0.3) is 11.3 Å². The second kappa shape index (κ2) is 10.6. The number of rotatable bonds is 5. The topological polar surface area (TPSA) is 72.3 Å². The van der Waals surface area contributed by atoms with E-state index >= 15 is 0 Å². The van der Waals surface area contributed by atoms with Crippen LogP contribution in [0.4, 0.5) is 18.9 Å². The first kappa shape index (κ1) is 27.2. The fraction of sp³-hybridized carbons (Fsp3) is 0.414. The number of halogens is 3. The third kappa shape index (κ3) is 5.38. The van der Waals surface area contributed by atoms with Gasteiger partial charge in [-0.05, 0) is 80.6 Å². The number of nitrogens with zero attached hydrogens (tertiary/aromatic N) is 4. The zero-order valence-corrected chi connectivity index (χ0v) is 22.7. The highest BCUT2D eigenvalue weighted by molar-refractivity contribution is 7.08. The molecule has 2 fully saturated rings. The molecule has 0 aliphatic carbocycles. The van der Waals surface area contributed by atoms with Crippen LogP contribution in [0.5, 0.6) is 0 Å². The molecule has 2 aromatic heterocycles. The summed E-state index contributed by atoms with van der Waals surface area (Å²) in [7, 11) is 2.03. The number of anilines is 1. The van der Waals surface area contributed by atoms with Gasteiger partial charge in [0.05, 0.1) is 27.9 Å². The molecule has 2 aliphatic heterocycles. The third-order valence-electron chi connectivity index (χ3n) is 8.01. The Morgan fingerprint density at radius 2 is 1.95 bits per heavy atom. The summed E-state index contributed by atoms with van der Waals surface area (Å²) in [6.07, 6.45) is -0.941. The molecule has 0 unspecified atom stereocenters. The molecule has 0 radical (unpaired) electrons. The van der Waals surface area contributed by atoms with Crippen molar-refractivity contribution in [2.75, 3.05) is 38.1 Å². The number of nitriles is 1. The number of aryl methyl sites for hydroxylation is 1. The number of nitrogens with one attached hydrogen (secondary N) is 1. The number of alkyl halides is 3. The van der Waals surface area contributed by atoms with Crippen LogP contribution in [0.15, 0.2) is 47.3 Å². The SMILES string of the molecule is Cc1cscc1-c1ccc(C2(C(=O)N[C@@H]3CCN(C)C3)CCN(c3ccc(C(F)(F)F)cc3C#N)CC2)cn1. The maximum atomic E-state index is 13.9. The van der Waals surface area contributed by atoms with Gasteiger partial charge < -0.3 is 15.1 Å². The van der Waals surface area contributed by atoms with Crippen LogP contribution in [0.1, 0.15) is 41.5 Å². The minimum Gasteiger partial charge on any atom is -0.370 e. The molecule has 1 aromatic carbocycles. The van der Waals surface area contributed by atoms with Crippen LogP contribution in [-0.4, -0.2) is 55.1 Å². The molecule has 0 saturated carbocycles. The third-order valence-corrected chi connectivity index (χ3v) is 8.87. The summed E-state index contributed by atoms with van der Waals surface area (Å²) in [5.41, 5.74) is 2.66. The van der Waals surface area contributed by atoms with Crippen LogP contribution in [0.2, 0.25) is 0 Å². The van der Waals surface area contributed by atoms with Crippen LogP contribution in [0.3, 0.4) is 0 Å². The Morgan fingerprint density at radius 1 is 1.18 bits per heavy atom. The van der Waals surface area contributed by atoms with E-state index in [1.807, 2.05) is 37.1 Å². The predicted octanol–water partition coefficient (Wildman–Crippen LogP) is 5.37. The van der Waals surface area contributed by atoms with Gasteiger partial charge in [0.25, 0.3) is 0 Å². The maximum Gasteiger partial charge on any atom is 0.416 e. The van der Waals surface area contributed by atoms with Crippen molar-refractivity contribution in [2.45, 2.75) is 43.8 Å². The van der Waals surface area contributed by atoms with Crippen molar-refractivity contribution in [1.82, 2.24) is 15.2 Å². The number of likely N-dealkylation sites (tertiary alicyclic amines) is 1. The zero-order chi connectivity index (χ0) is 27.8. The van der Waals surface area contributed by atoms with Gasteiger partial charge in [0.1, 0.15) is 6.07 Å². The molecule has 0 bridgehead atoms. The van der Waals surface area contributed by atoms with E-state index in [1.54, 1.807) is 17.5 Å². The quantitative estimate of drug-likeness (QED) is 0.460. The molecule has 0 spiro atoms. The van der Waals surface area contributed by atoms with Crippen molar-refractivity contribution < 1.29 is 18.0 Å². The number of piperidine rings is 1. The van der Waals surface area contributed by atoms with Crippen LogP contribution < -0.4 is 10.2 Å². The van der Waals surface area contributed by atoms with Gasteiger partial charge in [0.15, 0.2) is 0 Å². The summed E-state index contributed by atoms with van der Waals surface area (Å²) in [6.45, 7) is 4.60. The van der Waals surface area contributed by atoms with Gasteiger partial charge in [-0.2, -0.15) is 29.8 Å². The van der Waals surface area contributed by atoms with Gasteiger partial charge >= 0.3 is 6.18 Å². The predicted molar refractivity (Wildman–Crippen MR) is 146 cm³/mol. The van der Waals surface area contributed by atoms with Crippen LogP contribution in [0, 0.1) is 18.3 Å². The van der Waals surface area contributed by atoms with Crippen molar-refractivity contribution in [3.63, 3.8) is 0 Å². The lowest BCUT2D eigenvalue weighted by molar-refractivity contribution is -0.137. The van der Waals surface area contributed by atoms with E-state index in [1.165, 1.54) is 6.07 Å². The fourth-order valence-corrected chi connectivity index (χ4v) is 6.53. The highest BCUT2D eigenvalue weighted by Gasteiger charge is 2.44. The van der Waals surface area contributed by atoms with Crippen LogP contribution >= 0.6 is 11.3 Å². The molecule has 1 N–H and O–H groups in total. The maximum absolute atomic E-state index is 13.9. The van der Waals surface area contributed by atoms with Gasteiger partial charge in [-0.3, -0.25) is 9.78 Å². The van der Waals surface area contributed by atoms with E-state index < -0.39 is 17.2 Å². The molecular formula is C29H30F3N5OS. The highest BCUT2D eigenvalue weighted by atomic mass is 32.1. The average Bonchev–Trinajstić information content (AvgIpc) is 3.55. The number of amides is 1. The molecule has 2 aliphatic rings. The number of aromatic nitrogens is 1. The van der Waals surface area contributed by atoms with Crippen molar-refractivity contribution in [1.29, 1.82) is 5.26 Å². The molecule has 204 valence electrons. The molecule has 6 nitrogen and oxygen atoms in total. The summed E-state index contributed by atoms with van der Waals surface area (Å²) in [5.74, 6) is -0.0448. The van der Waals surface area contributed by atoms with E-state index in [0.29, 0.717) is 31.6 Å². The van der Waals surface area contributed by atoms with Gasteiger partial charge in [-0.15, -0.1) is 0 Å². The highest BCUT2D eigenvalue weighted by Crippen LogP contribution is 2.40. The molecule has 5 rings (SSSR count). The van der Waals surface area contributed by atoms with Crippen molar-refractivity contribution in [3.8, 4) is 17.3 Å². The first-order chi connectivity index (χ1) is 18.6. The molecule has 2 saturated heterocycles. The summed E-state index contributed by atoms with van der Waals surface area (Å²) in [5, 5.41) is 17.0. The largest absolute Gasteiger partial charge is 0.416 e. The van der Waals surface area contributed by atoms with Crippen LogP contribution in [-0.2, 0) is 16.4 Å². The summed E-state index contributed by atoms with van der Waals surface area (Å²) in [6, 6.07) is 9.20. The zero-order valence-electron chi connectivity index (χ0n) is 21.9. The summed E-state index contributed by atoms with van der Waals surface area (Å²) >= 11 is 1.62. The number of carbonyl (C=O) groups is 1. The minimum atomic E-state index is -4.52. The van der Waals surface area contributed by atoms with Gasteiger partial charge in [-0.1, -0.05) is 6.07 Å². The van der Waals surface area contributed by atoms with E-state index in [0.717, 1.165) is 54.0 Å². The molecule has 39 heavy (non-hydrogen) atoms. The number of pyridine rings is 1. The second-order valence-corrected chi connectivity index (χ2v) is 11.3. The lowest BCUT2D eigenvalue weighted by Gasteiger charge is -2.42. The van der Waals surface area contributed by atoms with E-state index in [9.17, 15) is 23.2 Å². The average molecular weight is 554 g/mol. The van der Waals surface area contributed by atoms with Gasteiger partial charge in [0.2, 0.25) is 5.91 Å². The fourth-order valence-electron chi connectivity index (χ4n) is 5.69. The van der Waals surface area contributed by atoms with Crippen molar-refractivity contribution in [2.24, 2.45) is 0 Å². The standard InChI is InChI=1S/C29H30F3N5OS/c1-19-17-39-18-24(19)25-5-3-22(15-34-25)28(27(38)35-23-7-10-36(2)16-23)8-11-37(12-9-28)26-6-4-21(29(30,31)32)13-20(26)14-33/h3-6,13,15,17-18,23H,7-12,16H2,1-2H3,(H,35,38)/t23-/m1/s1. The second-order valence-electron chi connectivity index (χ2n) is 10.5. The molecular weight excluding hydrogens is 523 g/mol. The number of hydrogen-bond donors (Lipinski definition) is 1. The summed E-state index contributed by atoms with van der Waals surface area (Å²) in [4.78, 5) is 22.7. The minimum absolute atomic E-state index is 0.0204. The smallest absolute Gasteiger partial charge is 0.370 e. The molecule has 1 atom stereocenters. The monoisotopic (exact) mass is 553 g/mol. The first-order valence-electron chi connectivity index (χ1n) is 13.0. The van der Waals surface area contributed by atoms with Gasteiger partial charge in [-0.25, -0.2) is 0 Å². The van der Waals surface area contributed by atoms with E-state index in [2.05, 4.69) is 21.0 Å². The lowest BCUT2D eigenvalue weighted by atomic mass is 9.72. The number of benzene rings is 1. The number of hydrogen-bond acceptors (Lipinski definition) is 6. The Kier molecular flexibility index (Phi) is 7.40. The van der Waals surface area contributed by atoms with Crippen molar-refractivity contribution in [3.05, 3.63) is 69.5 Å². The summed E-state index contributed by atoms with van der Waals surface area (Å²) < 4.78 is 39.6. The Hall–Kier alpha value is -3.42. The Balaban J connectivity index is 1.43. The number of carbonyl (C=O) groups excluding carboxylic acids is 1. The van der Waals surface area contributed by atoms with Crippen molar-refractivity contribution >= 4 is 22.9 Å². The Labute approximate surface area is 230 Å².